The SMILES string of the molecule is CCCc1cc2c(cc1OCOC)C(=O)N(C)C2=O. The standard InChI is InChI=1S/C14H17NO4/c1-4-5-9-6-10-11(7-12(9)19-8-18-3)14(17)15(2)13(10)16/h6-7H,4-5,8H2,1-3H3. The van der Waals surface area contributed by atoms with Crippen molar-refractivity contribution < 1.29 is 19.1 Å². The third-order valence-electron chi connectivity index (χ3n) is 3.12. The van der Waals surface area contributed by atoms with Crippen LogP contribution in [0, 0.1) is 0 Å². The Labute approximate surface area is 112 Å². The van der Waals surface area contributed by atoms with Crippen molar-refractivity contribution in [1.82, 2.24) is 4.90 Å². The van der Waals surface area contributed by atoms with E-state index in [-0.39, 0.29) is 18.6 Å². The van der Waals surface area contributed by atoms with Crippen LogP contribution in [-0.2, 0) is 11.2 Å². The molecule has 0 saturated heterocycles. The number of carbonyl (C=O) groups is 2. The maximum Gasteiger partial charge on any atom is 0.261 e. The zero-order valence-corrected chi connectivity index (χ0v) is 11.4. The summed E-state index contributed by atoms with van der Waals surface area (Å²) in [6.45, 7) is 2.17. The molecule has 0 aliphatic carbocycles. The summed E-state index contributed by atoms with van der Waals surface area (Å²) in [6.07, 6.45) is 1.72. The van der Waals surface area contributed by atoms with Gasteiger partial charge in [0, 0.05) is 14.2 Å². The minimum atomic E-state index is -0.287. The van der Waals surface area contributed by atoms with Crippen molar-refractivity contribution in [3.8, 4) is 5.75 Å². The van der Waals surface area contributed by atoms with E-state index in [9.17, 15) is 9.59 Å². The molecule has 1 aromatic carbocycles. The molecule has 19 heavy (non-hydrogen) atoms. The molecule has 0 bridgehead atoms. The minimum Gasteiger partial charge on any atom is -0.467 e. The fraction of sp³-hybridized carbons (Fsp3) is 0.429. The summed E-state index contributed by atoms with van der Waals surface area (Å²) in [5, 5.41) is 0. The van der Waals surface area contributed by atoms with Crippen LogP contribution < -0.4 is 4.74 Å². The monoisotopic (exact) mass is 263 g/mol. The molecule has 0 atom stereocenters. The van der Waals surface area contributed by atoms with Gasteiger partial charge in [0.2, 0.25) is 0 Å². The molecule has 2 amide bonds. The van der Waals surface area contributed by atoms with E-state index >= 15 is 0 Å². The number of carbonyl (C=O) groups excluding carboxylic acids is 2. The molecule has 5 nitrogen and oxygen atoms in total. The summed E-state index contributed by atoms with van der Waals surface area (Å²) >= 11 is 0. The Kier molecular flexibility index (Phi) is 3.85. The highest BCUT2D eigenvalue weighted by molar-refractivity contribution is 6.21. The van der Waals surface area contributed by atoms with Gasteiger partial charge in [-0.1, -0.05) is 13.3 Å². The zero-order valence-electron chi connectivity index (χ0n) is 11.4. The number of hydrogen-bond acceptors (Lipinski definition) is 4. The van der Waals surface area contributed by atoms with E-state index < -0.39 is 0 Å². The summed E-state index contributed by atoms with van der Waals surface area (Å²) in [6, 6.07) is 3.40. The topological polar surface area (TPSA) is 55.8 Å². The van der Waals surface area contributed by atoms with Crippen LogP contribution in [0.15, 0.2) is 12.1 Å². The second kappa shape index (κ2) is 5.40. The molecule has 102 valence electrons. The first kappa shape index (κ1) is 13.5. The van der Waals surface area contributed by atoms with Crippen LogP contribution in [0.25, 0.3) is 0 Å². The van der Waals surface area contributed by atoms with Gasteiger partial charge in [-0.25, -0.2) is 0 Å². The van der Waals surface area contributed by atoms with Gasteiger partial charge in [0.05, 0.1) is 11.1 Å². The fourth-order valence-corrected chi connectivity index (χ4v) is 2.15. The third kappa shape index (κ3) is 2.33. The summed E-state index contributed by atoms with van der Waals surface area (Å²) < 4.78 is 10.4. The maximum atomic E-state index is 11.9. The summed E-state index contributed by atoms with van der Waals surface area (Å²) in [4.78, 5) is 25.0. The van der Waals surface area contributed by atoms with Gasteiger partial charge in [-0.05, 0) is 24.1 Å². The average molecular weight is 263 g/mol. The summed E-state index contributed by atoms with van der Waals surface area (Å²) in [5.74, 6) is 0.0693. The first-order chi connectivity index (χ1) is 9.10. The normalized spacial score (nSPS) is 13.9. The first-order valence-corrected chi connectivity index (χ1v) is 6.21. The molecule has 5 heteroatoms. The number of methoxy groups -OCH3 is 1. The number of imide groups is 1. The van der Waals surface area contributed by atoms with Gasteiger partial charge in [-0.2, -0.15) is 0 Å². The van der Waals surface area contributed by atoms with Crippen LogP contribution in [0.5, 0.6) is 5.75 Å². The zero-order chi connectivity index (χ0) is 14.0. The van der Waals surface area contributed by atoms with Crippen LogP contribution in [0.1, 0.15) is 39.6 Å². The molecule has 1 heterocycles. The predicted molar refractivity (Wildman–Crippen MR) is 69.4 cm³/mol. The number of hydrogen-bond donors (Lipinski definition) is 0. The Morgan fingerprint density at radius 1 is 1.16 bits per heavy atom. The van der Waals surface area contributed by atoms with Gasteiger partial charge in [0.1, 0.15) is 5.75 Å². The van der Waals surface area contributed by atoms with Crippen LogP contribution in [0.3, 0.4) is 0 Å². The fourth-order valence-electron chi connectivity index (χ4n) is 2.15. The molecule has 0 aromatic heterocycles. The van der Waals surface area contributed by atoms with Crippen LogP contribution in [0.4, 0.5) is 0 Å². The van der Waals surface area contributed by atoms with Crippen molar-refractivity contribution in [3.63, 3.8) is 0 Å². The molecule has 1 aliphatic heterocycles. The van der Waals surface area contributed by atoms with Crippen LogP contribution >= 0.6 is 0 Å². The maximum absolute atomic E-state index is 11.9. The highest BCUT2D eigenvalue weighted by Gasteiger charge is 2.33. The number of aryl methyl sites for hydroxylation is 1. The Bertz CT molecular complexity index is 524. The van der Waals surface area contributed by atoms with Crippen molar-refractivity contribution in [2.45, 2.75) is 19.8 Å². The van der Waals surface area contributed by atoms with Crippen LogP contribution in [0.2, 0.25) is 0 Å². The van der Waals surface area contributed by atoms with E-state index in [0.29, 0.717) is 16.9 Å². The number of fused-ring (bicyclic) bond motifs is 1. The number of nitrogens with zero attached hydrogens (tertiary/aromatic N) is 1. The Morgan fingerprint density at radius 2 is 1.79 bits per heavy atom. The molecule has 1 aliphatic rings. The lowest BCUT2D eigenvalue weighted by Gasteiger charge is -2.11. The van der Waals surface area contributed by atoms with Crippen LogP contribution in [-0.4, -0.2) is 37.7 Å². The lowest BCUT2D eigenvalue weighted by molar-refractivity contribution is 0.0503. The number of amides is 2. The molecule has 2 rings (SSSR count). The van der Waals surface area contributed by atoms with Gasteiger partial charge in [-0.15, -0.1) is 0 Å². The van der Waals surface area contributed by atoms with E-state index in [1.54, 1.807) is 12.1 Å². The van der Waals surface area contributed by atoms with E-state index in [2.05, 4.69) is 0 Å². The molecular formula is C14H17NO4. The molecule has 0 N–H and O–H groups in total. The predicted octanol–water partition coefficient (Wildman–Crippen LogP) is 1.85. The summed E-state index contributed by atoms with van der Waals surface area (Å²) in [7, 11) is 3.02. The molecule has 0 unspecified atom stereocenters. The smallest absolute Gasteiger partial charge is 0.261 e. The average Bonchev–Trinajstić information content (AvgIpc) is 2.62. The lowest BCUT2D eigenvalue weighted by atomic mass is 10.0. The second-order valence-corrected chi connectivity index (χ2v) is 4.48. The largest absolute Gasteiger partial charge is 0.467 e. The van der Waals surface area contributed by atoms with Crippen molar-refractivity contribution in [2.24, 2.45) is 0 Å². The molecule has 0 spiro atoms. The first-order valence-electron chi connectivity index (χ1n) is 6.21. The van der Waals surface area contributed by atoms with Gasteiger partial charge >= 0.3 is 0 Å². The number of benzene rings is 1. The number of rotatable bonds is 5. The Hall–Kier alpha value is -1.88. The van der Waals surface area contributed by atoms with Crippen molar-refractivity contribution in [1.29, 1.82) is 0 Å². The van der Waals surface area contributed by atoms with Crippen molar-refractivity contribution in [2.75, 3.05) is 21.0 Å². The molecule has 1 aromatic rings. The molecule has 0 saturated carbocycles. The Balaban J connectivity index is 2.46. The molecule has 0 radical (unpaired) electrons. The Morgan fingerprint density at radius 3 is 2.37 bits per heavy atom. The van der Waals surface area contributed by atoms with E-state index in [1.165, 1.54) is 14.2 Å². The molecular weight excluding hydrogens is 246 g/mol. The van der Waals surface area contributed by atoms with E-state index in [0.717, 1.165) is 23.3 Å². The summed E-state index contributed by atoms with van der Waals surface area (Å²) in [5.41, 5.74) is 1.79. The molecule has 0 fully saturated rings. The van der Waals surface area contributed by atoms with Gasteiger partial charge in [0.15, 0.2) is 6.79 Å². The highest BCUT2D eigenvalue weighted by Crippen LogP contribution is 2.30. The van der Waals surface area contributed by atoms with Gasteiger partial charge in [0.25, 0.3) is 11.8 Å². The second-order valence-electron chi connectivity index (χ2n) is 4.48. The quantitative estimate of drug-likeness (QED) is 0.601. The highest BCUT2D eigenvalue weighted by atomic mass is 16.7. The van der Waals surface area contributed by atoms with E-state index in [1.807, 2.05) is 6.92 Å². The third-order valence-corrected chi connectivity index (χ3v) is 3.12. The minimum absolute atomic E-state index is 0.119. The number of ether oxygens (including phenoxy) is 2. The van der Waals surface area contributed by atoms with Crippen molar-refractivity contribution >= 4 is 11.8 Å². The van der Waals surface area contributed by atoms with Gasteiger partial charge < -0.3 is 9.47 Å². The lowest BCUT2D eigenvalue weighted by Crippen LogP contribution is -2.24. The van der Waals surface area contributed by atoms with Crippen molar-refractivity contribution in [3.05, 3.63) is 28.8 Å². The van der Waals surface area contributed by atoms with E-state index in [4.69, 9.17) is 9.47 Å². The van der Waals surface area contributed by atoms with Gasteiger partial charge in [-0.3, -0.25) is 14.5 Å².